The lowest BCUT2D eigenvalue weighted by molar-refractivity contribution is -0.126. The minimum absolute atomic E-state index is 0.0103. The van der Waals surface area contributed by atoms with Crippen molar-refractivity contribution in [2.24, 2.45) is 11.3 Å². The summed E-state index contributed by atoms with van der Waals surface area (Å²) in [5.41, 5.74) is 0.374. The number of ketones is 1. The molecule has 2 aliphatic rings. The number of piperidine rings is 1. The quantitative estimate of drug-likeness (QED) is 0.740. The highest BCUT2D eigenvalue weighted by Gasteiger charge is 2.34. The summed E-state index contributed by atoms with van der Waals surface area (Å²) in [6.07, 6.45) is 4.37. The van der Waals surface area contributed by atoms with E-state index in [0.717, 1.165) is 19.3 Å². The van der Waals surface area contributed by atoms with Gasteiger partial charge in [0.25, 0.3) is 11.5 Å². The number of rotatable bonds is 5. The Bertz CT molecular complexity index is 871. The Morgan fingerprint density at radius 2 is 2.03 bits per heavy atom. The SMILES string of the molecule is CCCCNC(=O)C1CCCN(C(=O)c2cc3c([nH]c2=O)CC(C)(C)CC3=O)C1. The molecule has 7 nitrogen and oxygen atoms in total. The van der Waals surface area contributed by atoms with Crippen LogP contribution in [-0.2, 0) is 11.2 Å². The van der Waals surface area contributed by atoms with Gasteiger partial charge in [0.15, 0.2) is 5.78 Å². The first-order valence-corrected chi connectivity index (χ1v) is 10.6. The molecule has 1 unspecified atom stereocenters. The van der Waals surface area contributed by atoms with E-state index in [9.17, 15) is 19.2 Å². The minimum atomic E-state index is -0.464. The first kappa shape index (κ1) is 21.3. The second-order valence-corrected chi connectivity index (χ2v) is 9.08. The van der Waals surface area contributed by atoms with E-state index in [4.69, 9.17) is 0 Å². The van der Waals surface area contributed by atoms with Gasteiger partial charge in [0, 0.05) is 37.3 Å². The summed E-state index contributed by atoms with van der Waals surface area (Å²) in [7, 11) is 0. The molecule has 1 aromatic rings. The number of unbranched alkanes of at least 4 members (excludes halogenated alkanes) is 1. The van der Waals surface area contributed by atoms with Gasteiger partial charge in [0.1, 0.15) is 5.56 Å². The van der Waals surface area contributed by atoms with Gasteiger partial charge in [-0.1, -0.05) is 27.2 Å². The summed E-state index contributed by atoms with van der Waals surface area (Å²) in [5.74, 6) is -0.748. The number of nitrogens with one attached hydrogen (secondary N) is 2. The number of hydrogen-bond acceptors (Lipinski definition) is 4. The summed E-state index contributed by atoms with van der Waals surface area (Å²) in [6, 6.07) is 1.46. The van der Waals surface area contributed by atoms with Crippen molar-refractivity contribution in [1.29, 1.82) is 0 Å². The van der Waals surface area contributed by atoms with Gasteiger partial charge < -0.3 is 15.2 Å². The molecule has 1 aromatic heterocycles. The highest BCUT2D eigenvalue weighted by atomic mass is 16.2. The molecule has 0 radical (unpaired) electrons. The molecule has 1 aliphatic heterocycles. The Morgan fingerprint density at radius 1 is 1.28 bits per heavy atom. The van der Waals surface area contributed by atoms with Gasteiger partial charge in [-0.15, -0.1) is 0 Å². The summed E-state index contributed by atoms with van der Waals surface area (Å²) < 4.78 is 0. The maximum absolute atomic E-state index is 13.0. The van der Waals surface area contributed by atoms with E-state index in [2.05, 4.69) is 17.2 Å². The van der Waals surface area contributed by atoms with E-state index in [0.29, 0.717) is 50.2 Å². The Labute approximate surface area is 171 Å². The molecule has 7 heteroatoms. The smallest absolute Gasteiger partial charge is 0.261 e. The molecule has 2 amide bonds. The highest BCUT2D eigenvalue weighted by molar-refractivity contribution is 6.02. The van der Waals surface area contributed by atoms with Gasteiger partial charge in [-0.3, -0.25) is 19.2 Å². The number of amides is 2. The lowest BCUT2D eigenvalue weighted by atomic mass is 9.75. The zero-order chi connectivity index (χ0) is 21.2. The van der Waals surface area contributed by atoms with Crippen LogP contribution < -0.4 is 10.9 Å². The molecule has 29 heavy (non-hydrogen) atoms. The van der Waals surface area contributed by atoms with Gasteiger partial charge in [0.05, 0.1) is 5.92 Å². The lowest BCUT2D eigenvalue weighted by Gasteiger charge is -2.33. The van der Waals surface area contributed by atoms with E-state index in [1.165, 1.54) is 6.07 Å². The van der Waals surface area contributed by atoms with Crippen molar-refractivity contribution in [3.05, 3.63) is 33.2 Å². The van der Waals surface area contributed by atoms with Crippen molar-refractivity contribution in [2.45, 2.75) is 59.3 Å². The van der Waals surface area contributed by atoms with E-state index in [-0.39, 0.29) is 28.6 Å². The molecule has 0 aromatic carbocycles. The fourth-order valence-corrected chi connectivity index (χ4v) is 4.27. The third kappa shape index (κ3) is 4.77. The average molecular weight is 402 g/mol. The number of hydrogen-bond donors (Lipinski definition) is 2. The summed E-state index contributed by atoms with van der Waals surface area (Å²) >= 11 is 0. The molecule has 1 aliphatic carbocycles. The van der Waals surface area contributed by atoms with Crippen molar-refractivity contribution in [1.82, 2.24) is 15.2 Å². The van der Waals surface area contributed by atoms with Crippen molar-refractivity contribution in [2.75, 3.05) is 19.6 Å². The van der Waals surface area contributed by atoms with E-state index in [1.807, 2.05) is 13.8 Å². The Hall–Kier alpha value is -2.44. The maximum Gasteiger partial charge on any atom is 0.261 e. The monoisotopic (exact) mass is 401 g/mol. The van der Waals surface area contributed by atoms with Crippen LogP contribution in [0.3, 0.4) is 0 Å². The van der Waals surface area contributed by atoms with Gasteiger partial charge in [-0.05, 0) is 37.2 Å². The van der Waals surface area contributed by atoms with Crippen LogP contribution in [-0.4, -0.2) is 47.1 Å². The van der Waals surface area contributed by atoms with Crippen molar-refractivity contribution in [3.8, 4) is 0 Å². The van der Waals surface area contributed by atoms with Crippen LogP contribution >= 0.6 is 0 Å². The van der Waals surface area contributed by atoms with Crippen molar-refractivity contribution in [3.63, 3.8) is 0 Å². The predicted molar refractivity (Wildman–Crippen MR) is 110 cm³/mol. The third-order valence-electron chi connectivity index (χ3n) is 5.86. The van der Waals surface area contributed by atoms with E-state index >= 15 is 0 Å². The fourth-order valence-electron chi connectivity index (χ4n) is 4.27. The van der Waals surface area contributed by atoms with Crippen molar-refractivity contribution >= 4 is 17.6 Å². The number of aromatic amines is 1. The standard InChI is InChI=1S/C22H31N3O4/c1-4-5-8-23-19(27)14-7-6-9-25(13-14)21(29)16-10-15-17(24-20(16)28)11-22(2,3)12-18(15)26/h10,14H,4-9,11-13H2,1-3H3,(H,23,27)(H,24,28). The number of nitrogens with zero attached hydrogens (tertiary/aromatic N) is 1. The number of pyridine rings is 1. The molecular formula is C22H31N3O4. The Balaban J connectivity index is 1.77. The molecule has 1 saturated heterocycles. The first-order chi connectivity index (χ1) is 13.7. The molecule has 3 rings (SSSR count). The predicted octanol–water partition coefficient (Wildman–Crippen LogP) is 2.30. The molecule has 2 N–H and O–H groups in total. The Kier molecular flexibility index (Phi) is 6.24. The second-order valence-electron chi connectivity index (χ2n) is 9.08. The zero-order valence-corrected chi connectivity index (χ0v) is 17.6. The summed E-state index contributed by atoms with van der Waals surface area (Å²) in [6.45, 7) is 7.50. The molecule has 0 saturated carbocycles. The normalized spacial score (nSPS) is 20.9. The van der Waals surface area contributed by atoms with E-state index in [1.54, 1.807) is 4.90 Å². The molecule has 1 fully saturated rings. The number of likely N-dealkylation sites (tertiary alicyclic amines) is 1. The van der Waals surface area contributed by atoms with Crippen LogP contribution in [0.1, 0.15) is 79.3 Å². The maximum atomic E-state index is 13.0. The molecule has 158 valence electrons. The van der Waals surface area contributed by atoms with Crippen LogP contribution in [0.15, 0.2) is 10.9 Å². The molecular weight excluding hydrogens is 370 g/mol. The molecule has 0 bridgehead atoms. The van der Waals surface area contributed by atoms with Crippen LogP contribution in [0.2, 0.25) is 0 Å². The Morgan fingerprint density at radius 3 is 2.76 bits per heavy atom. The second kappa shape index (κ2) is 8.51. The number of fused-ring (bicyclic) bond motifs is 1. The van der Waals surface area contributed by atoms with E-state index < -0.39 is 11.5 Å². The van der Waals surface area contributed by atoms with Crippen molar-refractivity contribution < 1.29 is 14.4 Å². The molecule has 2 heterocycles. The number of carbonyl (C=O) groups is 3. The minimum Gasteiger partial charge on any atom is -0.356 e. The van der Waals surface area contributed by atoms with Crippen LogP contribution in [0.25, 0.3) is 0 Å². The highest BCUT2D eigenvalue weighted by Crippen LogP contribution is 2.33. The number of Topliss-reactive ketones (excluding diaryl/α,β-unsaturated/α-hetero) is 1. The van der Waals surface area contributed by atoms with Crippen LogP contribution in [0.5, 0.6) is 0 Å². The van der Waals surface area contributed by atoms with Gasteiger partial charge in [-0.25, -0.2) is 0 Å². The third-order valence-corrected chi connectivity index (χ3v) is 5.86. The number of H-pyrrole nitrogens is 1. The summed E-state index contributed by atoms with van der Waals surface area (Å²) in [4.78, 5) is 54.9. The number of carbonyl (C=O) groups excluding carboxylic acids is 3. The van der Waals surface area contributed by atoms with Gasteiger partial charge in [0.2, 0.25) is 5.91 Å². The number of aromatic nitrogens is 1. The van der Waals surface area contributed by atoms with Crippen LogP contribution in [0, 0.1) is 11.3 Å². The fraction of sp³-hybridized carbons (Fsp3) is 0.636. The average Bonchev–Trinajstić information content (AvgIpc) is 2.66. The topological polar surface area (TPSA) is 99.3 Å². The van der Waals surface area contributed by atoms with Gasteiger partial charge >= 0.3 is 0 Å². The van der Waals surface area contributed by atoms with Gasteiger partial charge in [-0.2, -0.15) is 0 Å². The largest absolute Gasteiger partial charge is 0.356 e. The first-order valence-electron chi connectivity index (χ1n) is 10.6. The zero-order valence-electron chi connectivity index (χ0n) is 17.6. The summed E-state index contributed by atoms with van der Waals surface area (Å²) in [5, 5.41) is 2.93. The molecule has 1 atom stereocenters. The lowest BCUT2D eigenvalue weighted by Crippen LogP contribution is -2.46. The van der Waals surface area contributed by atoms with Crippen LogP contribution in [0.4, 0.5) is 0 Å². The molecule has 0 spiro atoms.